The first-order valence-electron chi connectivity index (χ1n) is 5.20. The molecular formula is C11H19IN2O2. The Morgan fingerprint density at radius 3 is 2.12 bits per heavy atom. The number of halogens is 1. The van der Waals surface area contributed by atoms with Crippen LogP contribution in [0, 0.1) is 0 Å². The summed E-state index contributed by atoms with van der Waals surface area (Å²) < 4.78 is 0. The zero-order chi connectivity index (χ0) is 11.6. The number of quaternary nitrogens is 1. The molecule has 0 spiro atoms. The minimum absolute atomic E-state index is 0. The Morgan fingerprint density at radius 2 is 1.75 bits per heavy atom. The largest absolute Gasteiger partial charge is 1.00 e. The van der Waals surface area contributed by atoms with Gasteiger partial charge in [-0.1, -0.05) is 0 Å². The van der Waals surface area contributed by atoms with Crippen molar-refractivity contribution < 1.29 is 38.5 Å². The van der Waals surface area contributed by atoms with Crippen molar-refractivity contribution in [1.82, 2.24) is 5.32 Å². The van der Waals surface area contributed by atoms with E-state index in [1.165, 1.54) is 12.2 Å². The second kappa shape index (κ2) is 5.88. The molecule has 16 heavy (non-hydrogen) atoms. The van der Waals surface area contributed by atoms with Gasteiger partial charge in [0, 0.05) is 12.0 Å². The van der Waals surface area contributed by atoms with Crippen molar-refractivity contribution >= 4 is 11.8 Å². The smallest absolute Gasteiger partial charge is 0.345 e. The molecule has 0 aromatic carbocycles. The highest BCUT2D eigenvalue weighted by atomic mass is 127. The van der Waals surface area contributed by atoms with E-state index in [0.29, 0.717) is 4.90 Å². The van der Waals surface area contributed by atoms with E-state index >= 15 is 0 Å². The Bertz CT molecular complexity index is 295. The van der Waals surface area contributed by atoms with Crippen LogP contribution in [-0.4, -0.2) is 30.4 Å². The van der Waals surface area contributed by atoms with Crippen molar-refractivity contribution in [3.05, 3.63) is 12.2 Å². The van der Waals surface area contributed by atoms with E-state index in [9.17, 15) is 9.59 Å². The number of amides is 2. The number of carbonyl (C=O) groups is 2. The molecule has 4 nitrogen and oxygen atoms in total. The van der Waals surface area contributed by atoms with Crippen LogP contribution in [0.5, 0.6) is 0 Å². The Balaban J connectivity index is 0.00000225. The zero-order valence-electron chi connectivity index (χ0n) is 10.1. The summed E-state index contributed by atoms with van der Waals surface area (Å²) in [5.41, 5.74) is -0.0600. The van der Waals surface area contributed by atoms with Gasteiger partial charge in [-0.05, 0) is 27.8 Å². The molecule has 1 heterocycles. The zero-order valence-corrected chi connectivity index (χ0v) is 12.3. The summed E-state index contributed by atoms with van der Waals surface area (Å²) in [6, 6.07) is 0.00227. The topological polar surface area (TPSA) is 50.6 Å². The molecule has 0 saturated heterocycles. The fourth-order valence-electron chi connectivity index (χ4n) is 1.91. The highest BCUT2D eigenvalue weighted by Crippen LogP contribution is 2.09. The van der Waals surface area contributed by atoms with Crippen molar-refractivity contribution in [3.8, 4) is 0 Å². The first-order chi connectivity index (χ1) is 6.87. The Kier molecular flexibility index (Phi) is 5.78. The van der Waals surface area contributed by atoms with E-state index in [4.69, 9.17) is 0 Å². The van der Waals surface area contributed by atoms with Gasteiger partial charge in [0.05, 0.1) is 12.2 Å². The van der Waals surface area contributed by atoms with Gasteiger partial charge in [0.15, 0.2) is 0 Å². The molecule has 0 aromatic heterocycles. The first-order valence-corrected chi connectivity index (χ1v) is 5.20. The number of rotatable bonds is 4. The fourth-order valence-corrected chi connectivity index (χ4v) is 1.91. The summed E-state index contributed by atoms with van der Waals surface area (Å²) >= 11 is 0. The molecule has 2 N–H and O–H groups in total. The predicted octanol–water partition coefficient (Wildman–Crippen LogP) is -3.73. The van der Waals surface area contributed by atoms with E-state index < -0.39 is 0 Å². The maximum absolute atomic E-state index is 11.4. The minimum Gasteiger partial charge on any atom is -1.00 e. The molecule has 0 fully saturated rings. The van der Waals surface area contributed by atoms with Crippen LogP contribution in [0.1, 0.15) is 27.2 Å². The van der Waals surface area contributed by atoms with Crippen molar-refractivity contribution in [2.45, 2.75) is 38.8 Å². The lowest BCUT2D eigenvalue weighted by Gasteiger charge is -2.28. The van der Waals surface area contributed by atoms with Crippen LogP contribution in [0.3, 0.4) is 0 Å². The predicted molar refractivity (Wildman–Crippen MR) is 57.3 cm³/mol. The third-order valence-electron chi connectivity index (χ3n) is 2.90. The summed E-state index contributed by atoms with van der Waals surface area (Å²) in [5.74, 6) is -0.251. The summed E-state index contributed by atoms with van der Waals surface area (Å²) in [7, 11) is 1.88. The van der Waals surface area contributed by atoms with Crippen molar-refractivity contribution in [3.63, 3.8) is 0 Å². The van der Waals surface area contributed by atoms with Crippen molar-refractivity contribution in [2.24, 2.45) is 0 Å². The standard InChI is InChI=1S/C11H18N2O2.HI/c1-8(7-11(2,3)12-4)13-9(14)5-6-10(13)15;/h5-6,8,12H,7H2,1-4H3;1H. The average Bonchev–Trinajstić information content (AvgIpc) is 2.45. The number of hydrogen-bond donors (Lipinski definition) is 2. The van der Waals surface area contributed by atoms with Gasteiger partial charge in [0.1, 0.15) is 6.04 Å². The lowest BCUT2D eigenvalue weighted by molar-refractivity contribution is -0.759. The molecule has 5 heteroatoms. The van der Waals surface area contributed by atoms with Gasteiger partial charge < -0.3 is 29.3 Å². The van der Waals surface area contributed by atoms with Crippen molar-refractivity contribution in [1.29, 1.82) is 0 Å². The summed E-state index contributed by atoms with van der Waals surface area (Å²) in [6.07, 6.45) is 3.50. The quantitative estimate of drug-likeness (QED) is 0.410. The van der Waals surface area contributed by atoms with Gasteiger partial charge >= 0.3 is 11.8 Å². The minimum atomic E-state index is -0.126. The first kappa shape index (κ1) is 15.7. The molecule has 1 aliphatic rings. The molecule has 0 aromatic rings. The molecule has 0 saturated carbocycles. The van der Waals surface area contributed by atoms with Crippen molar-refractivity contribution in [2.75, 3.05) is 7.05 Å². The highest BCUT2D eigenvalue weighted by molar-refractivity contribution is 6.01. The molecule has 1 unspecified atom stereocenters. The Hall–Kier alpha value is -0.270. The Morgan fingerprint density at radius 1 is 1.31 bits per heavy atom. The third-order valence-corrected chi connectivity index (χ3v) is 2.90. The van der Waals surface area contributed by atoms with E-state index in [1.54, 1.807) is 0 Å². The Labute approximate surface area is 113 Å². The molecule has 0 radical (unpaired) electrons. The van der Waals surface area contributed by atoms with Crippen LogP contribution in [0.15, 0.2) is 12.2 Å². The summed E-state index contributed by atoms with van der Waals surface area (Å²) in [6.45, 7) is 6.04. The number of nitrogens with one attached hydrogen (secondary N) is 2. The number of hydrogen-bond acceptors (Lipinski definition) is 3. The van der Waals surface area contributed by atoms with Crippen LogP contribution in [0.4, 0.5) is 0 Å². The van der Waals surface area contributed by atoms with Gasteiger partial charge in [-0.25, -0.2) is 9.59 Å². The maximum atomic E-state index is 11.4. The molecule has 2 amide bonds. The molecule has 0 bridgehead atoms. The van der Waals surface area contributed by atoms with E-state index in [2.05, 4.69) is 19.2 Å². The van der Waals surface area contributed by atoms with Crippen LogP contribution in [-0.2, 0) is 9.59 Å². The third kappa shape index (κ3) is 3.64. The molecule has 1 atom stereocenters. The van der Waals surface area contributed by atoms with Gasteiger partial charge in [0.25, 0.3) is 0 Å². The molecule has 1 rings (SSSR count). The van der Waals surface area contributed by atoms with E-state index in [1.807, 2.05) is 14.0 Å². The maximum Gasteiger partial charge on any atom is 0.345 e. The summed E-state index contributed by atoms with van der Waals surface area (Å²) in [5, 5.41) is 3.17. The second-order valence-electron chi connectivity index (χ2n) is 4.71. The van der Waals surface area contributed by atoms with Gasteiger partial charge in [0.2, 0.25) is 0 Å². The number of imide groups is 1. The monoisotopic (exact) mass is 338 g/mol. The summed E-state index contributed by atoms with van der Waals surface area (Å²) in [4.78, 5) is 23.3. The molecule has 92 valence electrons. The fraction of sp³-hybridized carbons (Fsp3) is 0.636. The van der Waals surface area contributed by atoms with Crippen LogP contribution in [0.2, 0.25) is 0 Å². The van der Waals surface area contributed by atoms with E-state index in [0.717, 1.165) is 6.42 Å². The lowest BCUT2D eigenvalue weighted by Crippen LogP contribution is -3.18. The van der Waals surface area contributed by atoms with Crippen LogP contribution < -0.4 is 34.2 Å². The van der Waals surface area contributed by atoms with E-state index in [-0.39, 0.29) is 47.4 Å². The highest BCUT2D eigenvalue weighted by Gasteiger charge is 2.37. The van der Waals surface area contributed by atoms with Crippen LogP contribution in [0.25, 0.3) is 0 Å². The van der Waals surface area contributed by atoms with Gasteiger partial charge in [-0.2, -0.15) is 4.90 Å². The van der Waals surface area contributed by atoms with Gasteiger partial charge in [-0.3, -0.25) is 0 Å². The number of carbonyl (C=O) groups excluding carboxylic acids is 2. The SMILES string of the molecule is CNC(C)(C)CC(C)[NH+]1C(=O)C=CC1=O.[I-]. The van der Waals surface area contributed by atoms with Crippen LogP contribution >= 0.6 is 0 Å². The second-order valence-corrected chi connectivity index (χ2v) is 4.71. The molecule has 1 aliphatic heterocycles. The average molecular weight is 338 g/mol. The molecular weight excluding hydrogens is 319 g/mol. The lowest BCUT2D eigenvalue weighted by atomic mass is 9.95. The normalized spacial score (nSPS) is 18.8. The van der Waals surface area contributed by atoms with Gasteiger partial charge in [-0.15, -0.1) is 0 Å². The molecule has 0 aliphatic carbocycles.